The number of para-hydroxylation sites is 1. The van der Waals surface area contributed by atoms with Crippen molar-refractivity contribution in [1.29, 1.82) is 0 Å². The van der Waals surface area contributed by atoms with Crippen LogP contribution in [-0.2, 0) is 0 Å². The number of benzene rings is 1. The smallest absolute Gasteiger partial charge is 0.0396 e. The first-order chi connectivity index (χ1) is 9.56. The van der Waals surface area contributed by atoms with E-state index >= 15 is 0 Å². The largest absolute Gasteiger partial charge is 0.371 e. The highest BCUT2D eigenvalue weighted by Gasteiger charge is 2.26. The van der Waals surface area contributed by atoms with Crippen LogP contribution in [0.3, 0.4) is 0 Å². The minimum absolute atomic E-state index is 0.336. The van der Waals surface area contributed by atoms with Crippen molar-refractivity contribution in [2.24, 2.45) is 5.41 Å². The zero-order valence-electron chi connectivity index (χ0n) is 14.0. The Kier molecular flexibility index (Phi) is 7.08. The van der Waals surface area contributed by atoms with Crippen LogP contribution in [0, 0.1) is 12.3 Å². The topological polar surface area (TPSA) is 15.3 Å². The van der Waals surface area contributed by atoms with Gasteiger partial charge in [0.1, 0.15) is 0 Å². The number of nitrogens with zero attached hydrogens (tertiary/aromatic N) is 1. The van der Waals surface area contributed by atoms with E-state index in [4.69, 9.17) is 0 Å². The number of aryl methyl sites for hydroxylation is 1. The molecule has 2 nitrogen and oxygen atoms in total. The third kappa shape index (κ3) is 4.82. The van der Waals surface area contributed by atoms with Gasteiger partial charge in [0.15, 0.2) is 0 Å². The van der Waals surface area contributed by atoms with Crippen molar-refractivity contribution in [3.8, 4) is 0 Å². The highest BCUT2D eigenvalue weighted by Crippen LogP contribution is 2.28. The molecule has 1 aromatic rings. The van der Waals surface area contributed by atoms with Crippen LogP contribution in [0.25, 0.3) is 0 Å². The molecule has 0 saturated heterocycles. The molecule has 0 fully saturated rings. The quantitative estimate of drug-likeness (QED) is 0.726. The highest BCUT2D eigenvalue weighted by molar-refractivity contribution is 5.53. The van der Waals surface area contributed by atoms with Gasteiger partial charge in [-0.1, -0.05) is 45.4 Å². The van der Waals surface area contributed by atoms with Crippen molar-refractivity contribution >= 4 is 5.69 Å². The Morgan fingerprint density at radius 3 is 2.40 bits per heavy atom. The number of rotatable bonds is 9. The van der Waals surface area contributed by atoms with Gasteiger partial charge in [-0.2, -0.15) is 0 Å². The zero-order valence-corrected chi connectivity index (χ0v) is 14.0. The Balaban J connectivity index is 2.86. The molecule has 0 heterocycles. The average Bonchev–Trinajstić information content (AvgIpc) is 2.44. The van der Waals surface area contributed by atoms with Crippen molar-refractivity contribution in [1.82, 2.24) is 5.32 Å². The van der Waals surface area contributed by atoms with Crippen molar-refractivity contribution < 1.29 is 0 Å². The fourth-order valence-corrected chi connectivity index (χ4v) is 3.00. The molecule has 0 aliphatic carbocycles. The lowest BCUT2D eigenvalue weighted by molar-refractivity contribution is 0.283. The second kappa shape index (κ2) is 8.31. The minimum atomic E-state index is 0.336. The van der Waals surface area contributed by atoms with Gasteiger partial charge in [-0.25, -0.2) is 0 Å². The lowest BCUT2D eigenvalue weighted by atomic mass is 9.84. The van der Waals surface area contributed by atoms with Crippen molar-refractivity contribution in [3.63, 3.8) is 0 Å². The van der Waals surface area contributed by atoms with Crippen LogP contribution < -0.4 is 10.2 Å². The van der Waals surface area contributed by atoms with Gasteiger partial charge in [0.05, 0.1) is 0 Å². The van der Waals surface area contributed by atoms with Gasteiger partial charge in [0, 0.05) is 25.3 Å². The van der Waals surface area contributed by atoms with Crippen LogP contribution in [0.4, 0.5) is 5.69 Å². The highest BCUT2D eigenvalue weighted by atomic mass is 15.1. The molecule has 0 saturated carbocycles. The second-order valence-electron chi connectivity index (χ2n) is 6.14. The lowest BCUT2D eigenvalue weighted by Gasteiger charge is -2.37. The molecule has 0 bridgehead atoms. The summed E-state index contributed by atoms with van der Waals surface area (Å²) in [5, 5.41) is 3.54. The van der Waals surface area contributed by atoms with Crippen LogP contribution in [-0.4, -0.2) is 26.2 Å². The number of nitrogens with one attached hydrogen (secondary N) is 1. The van der Waals surface area contributed by atoms with Gasteiger partial charge in [-0.05, 0) is 43.9 Å². The summed E-state index contributed by atoms with van der Waals surface area (Å²) in [6.45, 7) is 15.7. The van der Waals surface area contributed by atoms with Crippen LogP contribution in [0.1, 0.15) is 46.1 Å². The van der Waals surface area contributed by atoms with Crippen LogP contribution >= 0.6 is 0 Å². The van der Waals surface area contributed by atoms with E-state index in [1.165, 1.54) is 24.1 Å². The summed E-state index contributed by atoms with van der Waals surface area (Å²) < 4.78 is 0. The van der Waals surface area contributed by atoms with Gasteiger partial charge in [-0.15, -0.1) is 0 Å². The fourth-order valence-electron chi connectivity index (χ4n) is 3.00. The van der Waals surface area contributed by atoms with E-state index in [1.807, 2.05) is 0 Å². The van der Waals surface area contributed by atoms with Crippen molar-refractivity contribution in [2.45, 2.75) is 47.5 Å². The van der Waals surface area contributed by atoms with Gasteiger partial charge < -0.3 is 10.2 Å². The van der Waals surface area contributed by atoms with Crippen LogP contribution in [0.2, 0.25) is 0 Å². The number of hydrogen-bond acceptors (Lipinski definition) is 2. The van der Waals surface area contributed by atoms with E-state index in [9.17, 15) is 0 Å². The lowest BCUT2D eigenvalue weighted by Crippen LogP contribution is -2.42. The van der Waals surface area contributed by atoms with Gasteiger partial charge in [0.25, 0.3) is 0 Å². The summed E-state index contributed by atoms with van der Waals surface area (Å²) in [5.74, 6) is 0. The van der Waals surface area contributed by atoms with Gasteiger partial charge in [0.2, 0.25) is 0 Å². The Morgan fingerprint density at radius 2 is 1.85 bits per heavy atom. The Bertz CT molecular complexity index is 389. The average molecular weight is 276 g/mol. The molecule has 1 rings (SSSR count). The van der Waals surface area contributed by atoms with Crippen molar-refractivity contribution in [3.05, 3.63) is 29.8 Å². The predicted molar refractivity (Wildman–Crippen MR) is 90.6 cm³/mol. The third-order valence-corrected chi connectivity index (χ3v) is 4.07. The van der Waals surface area contributed by atoms with E-state index < -0.39 is 0 Å². The third-order valence-electron chi connectivity index (χ3n) is 4.07. The normalized spacial score (nSPS) is 14.1. The molecule has 20 heavy (non-hydrogen) atoms. The molecular weight excluding hydrogens is 244 g/mol. The first-order valence-corrected chi connectivity index (χ1v) is 8.07. The molecule has 0 aliphatic heterocycles. The SMILES string of the molecule is CCCC(C)(CNCC)CN(CC)c1ccccc1C. The molecule has 2 heteroatoms. The molecule has 1 atom stereocenters. The molecule has 1 aromatic carbocycles. The Hall–Kier alpha value is -1.02. The summed E-state index contributed by atoms with van der Waals surface area (Å²) >= 11 is 0. The maximum Gasteiger partial charge on any atom is 0.0396 e. The van der Waals surface area contributed by atoms with E-state index in [0.717, 1.165) is 26.2 Å². The zero-order chi connectivity index (χ0) is 15.0. The molecular formula is C18H32N2. The molecule has 0 aliphatic rings. The Labute approximate surface area is 125 Å². The first kappa shape index (κ1) is 17.0. The monoisotopic (exact) mass is 276 g/mol. The van der Waals surface area contributed by atoms with Gasteiger partial charge >= 0.3 is 0 Å². The summed E-state index contributed by atoms with van der Waals surface area (Å²) in [6.07, 6.45) is 2.51. The minimum Gasteiger partial charge on any atom is -0.371 e. The van der Waals surface area contributed by atoms with Gasteiger partial charge in [-0.3, -0.25) is 0 Å². The summed E-state index contributed by atoms with van der Waals surface area (Å²) in [4.78, 5) is 2.53. The van der Waals surface area contributed by atoms with E-state index in [0.29, 0.717) is 5.41 Å². The fraction of sp³-hybridized carbons (Fsp3) is 0.667. The summed E-state index contributed by atoms with van der Waals surface area (Å²) in [5.41, 5.74) is 3.09. The van der Waals surface area contributed by atoms with Crippen LogP contribution in [0.5, 0.6) is 0 Å². The van der Waals surface area contributed by atoms with E-state index in [1.54, 1.807) is 0 Å². The van der Waals surface area contributed by atoms with Crippen LogP contribution in [0.15, 0.2) is 24.3 Å². The first-order valence-electron chi connectivity index (χ1n) is 8.07. The molecule has 1 N–H and O–H groups in total. The molecule has 1 unspecified atom stereocenters. The van der Waals surface area contributed by atoms with E-state index in [2.05, 4.69) is 69.1 Å². The second-order valence-corrected chi connectivity index (χ2v) is 6.14. The molecule has 0 radical (unpaired) electrons. The molecule has 0 spiro atoms. The van der Waals surface area contributed by atoms with E-state index in [-0.39, 0.29) is 0 Å². The maximum atomic E-state index is 3.54. The molecule has 0 aromatic heterocycles. The Morgan fingerprint density at radius 1 is 1.15 bits per heavy atom. The predicted octanol–water partition coefficient (Wildman–Crippen LogP) is 4.24. The van der Waals surface area contributed by atoms with Crippen molar-refractivity contribution in [2.75, 3.05) is 31.1 Å². The summed E-state index contributed by atoms with van der Waals surface area (Å²) in [7, 11) is 0. The maximum absolute atomic E-state index is 3.54. The number of anilines is 1. The standard InChI is InChI=1S/C18H32N2/c1-6-13-18(5,14-19-7-2)15-20(8-3)17-12-10-9-11-16(17)4/h9-12,19H,6-8,13-15H2,1-5H3. The number of hydrogen-bond donors (Lipinski definition) is 1. The molecule has 114 valence electrons. The molecule has 0 amide bonds. The summed E-state index contributed by atoms with van der Waals surface area (Å²) in [6, 6.07) is 8.72.